The molecule has 0 saturated heterocycles. The molecule has 0 radical (unpaired) electrons. The van der Waals surface area contributed by atoms with E-state index in [1.54, 1.807) is 6.07 Å². The minimum Gasteiger partial charge on any atom is -0.434 e. The molecule has 0 amide bonds. The zero-order valence-electron chi connectivity index (χ0n) is 12.1. The monoisotopic (exact) mass is 298 g/mol. The Morgan fingerprint density at radius 1 is 1.05 bits per heavy atom. The van der Waals surface area contributed by atoms with Crippen molar-refractivity contribution in [2.75, 3.05) is 6.61 Å². The number of hydrogen-bond donors (Lipinski definition) is 0. The lowest BCUT2D eigenvalue weighted by atomic mass is 10.0. The second kappa shape index (κ2) is 6.02. The lowest BCUT2D eigenvalue weighted by Crippen LogP contribution is -2.11. The molecule has 3 aromatic carbocycles. The van der Waals surface area contributed by atoms with Gasteiger partial charge in [0.15, 0.2) is 0 Å². The number of carbonyl (C=O) groups is 1. The van der Waals surface area contributed by atoms with Crippen LogP contribution in [0.4, 0.5) is 9.18 Å². The number of benzene rings is 3. The third-order valence-corrected chi connectivity index (χ3v) is 3.39. The summed E-state index contributed by atoms with van der Waals surface area (Å²) in [5.74, 6) is -0.0525. The molecule has 0 fully saturated rings. The van der Waals surface area contributed by atoms with Gasteiger partial charge in [-0.2, -0.15) is 0 Å². The van der Waals surface area contributed by atoms with Crippen LogP contribution in [0.1, 0.15) is 13.3 Å². The summed E-state index contributed by atoms with van der Waals surface area (Å²) in [7, 11) is 0. The second-order valence-corrected chi connectivity index (χ2v) is 4.99. The molecule has 3 aromatic rings. The van der Waals surface area contributed by atoms with Crippen LogP contribution >= 0.6 is 0 Å². The lowest BCUT2D eigenvalue weighted by molar-refractivity contribution is 0.100. The molecule has 0 spiro atoms. The van der Waals surface area contributed by atoms with Crippen molar-refractivity contribution in [2.45, 2.75) is 13.3 Å². The average molecular weight is 298 g/mol. The van der Waals surface area contributed by atoms with Crippen molar-refractivity contribution in [1.82, 2.24) is 0 Å². The first-order valence-corrected chi connectivity index (χ1v) is 7.14. The molecular weight excluding hydrogens is 283 g/mol. The van der Waals surface area contributed by atoms with Gasteiger partial charge in [0.05, 0.1) is 6.61 Å². The van der Waals surface area contributed by atoms with E-state index in [-0.39, 0.29) is 12.4 Å². The van der Waals surface area contributed by atoms with Crippen molar-refractivity contribution in [2.24, 2.45) is 0 Å². The van der Waals surface area contributed by atoms with E-state index in [2.05, 4.69) is 0 Å². The van der Waals surface area contributed by atoms with Crippen LogP contribution < -0.4 is 4.74 Å². The Balaban J connectivity index is 2.17. The van der Waals surface area contributed by atoms with Crippen LogP contribution in [-0.4, -0.2) is 12.8 Å². The number of fused-ring (bicyclic) bond motifs is 2. The maximum absolute atomic E-state index is 13.6. The first-order chi connectivity index (χ1) is 10.7. The lowest BCUT2D eigenvalue weighted by Gasteiger charge is -2.12. The van der Waals surface area contributed by atoms with Crippen molar-refractivity contribution in [3.63, 3.8) is 0 Å². The molecule has 0 aliphatic heterocycles. The van der Waals surface area contributed by atoms with Gasteiger partial charge in [0.1, 0.15) is 11.6 Å². The number of hydrogen-bond acceptors (Lipinski definition) is 3. The Hall–Kier alpha value is -2.62. The van der Waals surface area contributed by atoms with Gasteiger partial charge in [-0.1, -0.05) is 37.3 Å². The smallest absolute Gasteiger partial charge is 0.434 e. The molecule has 3 nitrogen and oxygen atoms in total. The van der Waals surface area contributed by atoms with Crippen LogP contribution in [0.15, 0.2) is 48.5 Å². The van der Waals surface area contributed by atoms with Crippen LogP contribution in [-0.2, 0) is 4.74 Å². The zero-order valence-corrected chi connectivity index (χ0v) is 12.1. The summed E-state index contributed by atoms with van der Waals surface area (Å²) in [6, 6.07) is 13.9. The molecule has 0 bridgehead atoms. The Bertz CT molecular complexity index is 842. The van der Waals surface area contributed by atoms with Gasteiger partial charge in [0, 0.05) is 10.8 Å². The fourth-order valence-corrected chi connectivity index (χ4v) is 2.40. The molecular formula is C18H15FO3. The van der Waals surface area contributed by atoms with E-state index < -0.39 is 6.16 Å². The van der Waals surface area contributed by atoms with Gasteiger partial charge in [-0.15, -0.1) is 0 Å². The van der Waals surface area contributed by atoms with Gasteiger partial charge in [0.2, 0.25) is 0 Å². The molecule has 0 aliphatic carbocycles. The van der Waals surface area contributed by atoms with Crippen LogP contribution in [0.2, 0.25) is 0 Å². The average Bonchev–Trinajstić information content (AvgIpc) is 2.53. The molecule has 0 unspecified atom stereocenters. The van der Waals surface area contributed by atoms with Gasteiger partial charge >= 0.3 is 6.16 Å². The largest absolute Gasteiger partial charge is 0.513 e. The predicted octanol–water partition coefficient (Wildman–Crippen LogP) is 5.06. The Kier molecular flexibility index (Phi) is 3.92. The normalized spacial score (nSPS) is 10.8. The second-order valence-electron chi connectivity index (χ2n) is 4.99. The summed E-state index contributed by atoms with van der Waals surface area (Å²) >= 11 is 0. The summed E-state index contributed by atoms with van der Waals surface area (Å²) in [6.07, 6.45) is -0.0659. The van der Waals surface area contributed by atoms with Gasteiger partial charge in [-0.25, -0.2) is 9.18 Å². The van der Waals surface area contributed by atoms with Gasteiger partial charge in [0.25, 0.3) is 0 Å². The quantitative estimate of drug-likeness (QED) is 0.385. The summed E-state index contributed by atoms with van der Waals surface area (Å²) < 4.78 is 23.9. The first kappa shape index (κ1) is 14.3. The highest BCUT2D eigenvalue weighted by atomic mass is 19.1. The molecule has 112 valence electrons. The van der Waals surface area contributed by atoms with Crippen molar-refractivity contribution in [3.8, 4) is 5.75 Å². The van der Waals surface area contributed by atoms with E-state index >= 15 is 0 Å². The van der Waals surface area contributed by atoms with Crippen LogP contribution in [0.3, 0.4) is 0 Å². The molecule has 0 atom stereocenters. The third-order valence-electron chi connectivity index (χ3n) is 3.39. The molecule has 0 aliphatic rings. The summed E-state index contributed by atoms with van der Waals surface area (Å²) in [5, 5.41) is 3.01. The van der Waals surface area contributed by atoms with E-state index in [0.29, 0.717) is 17.6 Å². The van der Waals surface area contributed by atoms with Crippen LogP contribution in [0.5, 0.6) is 5.75 Å². The minimum atomic E-state index is -0.774. The molecule has 0 N–H and O–H groups in total. The maximum Gasteiger partial charge on any atom is 0.513 e. The summed E-state index contributed by atoms with van der Waals surface area (Å²) in [5.41, 5.74) is 0. The van der Waals surface area contributed by atoms with Crippen molar-refractivity contribution in [1.29, 1.82) is 0 Å². The predicted molar refractivity (Wildman–Crippen MR) is 83.7 cm³/mol. The highest BCUT2D eigenvalue weighted by Gasteiger charge is 2.14. The van der Waals surface area contributed by atoms with Crippen molar-refractivity contribution >= 4 is 27.7 Å². The fourth-order valence-electron chi connectivity index (χ4n) is 2.40. The molecule has 0 heterocycles. The number of carbonyl (C=O) groups excluding carboxylic acids is 1. The van der Waals surface area contributed by atoms with Crippen LogP contribution in [0.25, 0.3) is 21.5 Å². The fraction of sp³-hybridized carbons (Fsp3) is 0.167. The standard InChI is InChI=1S/C18H15FO3/c1-2-9-21-18(20)22-17-15-6-4-3-5-12(15)10-13-7-8-14(19)11-16(13)17/h3-8,10-11H,2,9H2,1H3. The van der Waals surface area contributed by atoms with Gasteiger partial charge < -0.3 is 9.47 Å². The van der Waals surface area contributed by atoms with Crippen molar-refractivity contribution in [3.05, 3.63) is 54.3 Å². The van der Waals surface area contributed by atoms with E-state index in [9.17, 15) is 9.18 Å². The number of ether oxygens (including phenoxy) is 2. The highest BCUT2D eigenvalue weighted by Crippen LogP contribution is 2.35. The van der Waals surface area contributed by atoms with Gasteiger partial charge in [-0.05, 0) is 35.4 Å². The van der Waals surface area contributed by atoms with Crippen LogP contribution in [0, 0.1) is 5.82 Å². The van der Waals surface area contributed by atoms with E-state index in [1.165, 1.54) is 12.1 Å². The summed E-state index contributed by atoms with van der Waals surface area (Å²) in [6.45, 7) is 2.19. The van der Waals surface area contributed by atoms with E-state index in [1.807, 2.05) is 37.3 Å². The van der Waals surface area contributed by atoms with E-state index in [0.717, 1.165) is 16.2 Å². The summed E-state index contributed by atoms with van der Waals surface area (Å²) in [4.78, 5) is 11.8. The van der Waals surface area contributed by atoms with Crippen molar-refractivity contribution < 1.29 is 18.7 Å². The third kappa shape index (κ3) is 2.72. The molecule has 0 saturated carbocycles. The van der Waals surface area contributed by atoms with Gasteiger partial charge in [-0.3, -0.25) is 0 Å². The zero-order chi connectivity index (χ0) is 15.5. The Labute approximate surface area is 127 Å². The molecule has 3 rings (SSSR count). The maximum atomic E-state index is 13.6. The Morgan fingerprint density at radius 3 is 2.64 bits per heavy atom. The molecule has 22 heavy (non-hydrogen) atoms. The first-order valence-electron chi connectivity index (χ1n) is 7.14. The number of halogens is 1. The SMILES string of the molecule is CCCOC(=O)Oc1c2ccccc2cc2ccc(F)cc12. The topological polar surface area (TPSA) is 35.5 Å². The number of rotatable bonds is 3. The van der Waals surface area contributed by atoms with E-state index in [4.69, 9.17) is 9.47 Å². The minimum absolute atomic E-state index is 0.288. The Morgan fingerprint density at radius 2 is 1.82 bits per heavy atom. The molecule has 0 aromatic heterocycles. The highest BCUT2D eigenvalue weighted by molar-refractivity contribution is 6.06. The molecule has 4 heteroatoms.